The first kappa shape index (κ1) is 56.2. The zero-order valence-corrected chi connectivity index (χ0v) is 38.6. The maximum atomic E-state index is 13.7. The molecule has 18 heteroatoms. The van der Waals surface area contributed by atoms with Gasteiger partial charge in [-0.25, -0.2) is 0 Å². The quantitative estimate of drug-likeness (QED) is 0.172. The highest BCUT2D eigenvalue weighted by molar-refractivity contribution is 5.80. The average molecular weight is 949 g/mol. The van der Waals surface area contributed by atoms with Crippen LogP contribution < -0.4 is 11.1 Å². The van der Waals surface area contributed by atoms with Gasteiger partial charge in [0, 0.05) is 44.1 Å². The Labute approximate surface area is 393 Å². The Morgan fingerprint density at radius 3 is 1.91 bits per heavy atom. The number of aliphatic hydroxyl groups is 10. The number of rotatable bonds is 4. The topological polar surface area (TPSA) is 311 Å². The van der Waals surface area contributed by atoms with E-state index in [-0.39, 0.29) is 50.7 Å². The molecule has 4 rings (SSSR count). The summed E-state index contributed by atoms with van der Waals surface area (Å²) >= 11 is 0. The van der Waals surface area contributed by atoms with Crippen molar-refractivity contribution in [2.75, 3.05) is 6.61 Å². The van der Waals surface area contributed by atoms with Crippen molar-refractivity contribution in [3.05, 3.63) is 85.1 Å². The smallest absolute Gasteiger partial charge is 0.308 e. The van der Waals surface area contributed by atoms with Gasteiger partial charge in [-0.1, -0.05) is 92.0 Å². The predicted octanol–water partition coefficient (Wildman–Crippen LogP) is 0.661. The van der Waals surface area contributed by atoms with Crippen molar-refractivity contribution >= 4 is 11.9 Å². The van der Waals surface area contributed by atoms with Gasteiger partial charge in [-0.3, -0.25) is 9.59 Å². The van der Waals surface area contributed by atoms with Crippen molar-refractivity contribution in [2.24, 2.45) is 17.6 Å². The second-order valence-electron chi connectivity index (χ2n) is 18.5. The van der Waals surface area contributed by atoms with Crippen molar-refractivity contribution < 1.29 is 79.6 Å². The van der Waals surface area contributed by atoms with E-state index in [1.165, 1.54) is 0 Å². The van der Waals surface area contributed by atoms with E-state index in [9.17, 15) is 60.7 Å². The number of nitrogens with one attached hydrogen (secondary N) is 1. The predicted molar refractivity (Wildman–Crippen MR) is 246 cm³/mol. The Hall–Kier alpha value is -3.44. The molecule has 3 aliphatic heterocycles. The van der Waals surface area contributed by atoms with Gasteiger partial charge >= 0.3 is 5.97 Å². The monoisotopic (exact) mass is 949 g/mol. The van der Waals surface area contributed by atoms with E-state index in [1.807, 2.05) is 49.5 Å². The van der Waals surface area contributed by atoms with Crippen LogP contribution in [-0.2, 0) is 28.5 Å². The first-order valence-corrected chi connectivity index (χ1v) is 23.6. The number of fused-ring (bicyclic) bond motifs is 2. The zero-order valence-electron chi connectivity index (χ0n) is 38.6. The molecule has 378 valence electrons. The minimum atomic E-state index is -2.23. The average Bonchev–Trinajstić information content (AvgIpc) is 3.23. The van der Waals surface area contributed by atoms with Crippen LogP contribution in [0.4, 0.5) is 0 Å². The molecule has 3 heterocycles. The van der Waals surface area contributed by atoms with Crippen LogP contribution in [0.2, 0.25) is 0 Å². The Morgan fingerprint density at radius 1 is 0.687 bits per heavy atom. The molecule has 3 fully saturated rings. The van der Waals surface area contributed by atoms with Gasteiger partial charge in [0.1, 0.15) is 12.2 Å². The lowest BCUT2D eigenvalue weighted by Gasteiger charge is -2.46. The Morgan fingerprint density at radius 2 is 1.30 bits per heavy atom. The van der Waals surface area contributed by atoms with Crippen molar-refractivity contribution in [3.8, 4) is 0 Å². The van der Waals surface area contributed by atoms with E-state index >= 15 is 0 Å². The SMILES string of the molecule is C[C@H]1C[C@H](O)[C@@H](C)/C=C/C=C/C=C/C=C/C=C/C=C/C=C/C(O[C@@H]2OC[C@@H](O)[C@H](N)[C@@H]2O)C[C@@H]2OC(O)(CC(O)CC(O)C(O)CCC(O)CC(O)CC(=O)O1)C[C@H](O)[C@H]2C(=O)NC1CCC1. The van der Waals surface area contributed by atoms with Crippen LogP contribution in [0, 0.1) is 11.8 Å². The van der Waals surface area contributed by atoms with Gasteiger partial charge in [0.25, 0.3) is 0 Å². The van der Waals surface area contributed by atoms with Gasteiger partial charge in [-0.2, -0.15) is 0 Å². The number of esters is 1. The third-order valence-corrected chi connectivity index (χ3v) is 12.5. The first-order chi connectivity index (χ1) is 31.8. The van der Waals surface area contributed by atoms with Crippen LogP contribution in [0.25, 0.3) is 0 Å². The lowest BCUT2D eigenvalue weighted by Crippen LogP contribution is -2.60. The molecule has 0 radical (unpaired) electrons. The van der Waals surface area contributed by atoms with E-state index in [0.717, 1.165) is 19.3 Å². The second-order valence-corrected chi connectivity index (χ2v) is 18.5. The van der Waals surface area contributed by atoms with Gasteiger partial charge in [-0.05, 0) is 45.4 Å². The molecular weight excluding hydrogens is 873 g/mol. The zero-order chi connectivity index (χ0) is 49.1. The number of cyclic esters (lactones) is 1. The summed E-state index contributed by atoms with van der Waals surface area (Å²) in [6, 6.07) is -1.19. The maximum absolute atomic E-state index is 13.7. The fourth-order valence-corrected chi connectivity index (χ4v) is 8.36. The van der Waals surface area contributed by atoms with Gasteiger partial charge in [0.05, 0.1) is 86.0 Å². The molecule has 67 heavy (non-hydrogen) atoms. The molecule has 0 aromatic rings. The Balaban J connectivity index is 1.56. The number of hydrogen-bond acceptors (Lipinski definition) is 17. The molecule has 1 saturated carbocycles. The van der Waals surface area contributed by atoms with Gasteiger partial charge in [0.15, 0.2) is 12.1 Å². The molecule has 4 aliphatic rings. The minimum Gasteiger partial charge on any atom is -0.462 e. The molecule has 7 unspecified atom stereocenters. The molecule has 0 spiro atoms. The third-order valence-electron chi connectivity index (χ3n) is 12.5. The third kappa shape index (κ3) is 19.5. The molecular formula is C49H76N2O16. The largest absolute Gasteiger partial charge is 0.462 e. The lowest BCUT2D eigenvalue weighted by molar-refractivity contribution is -0.304. The second kappa shape index (κ2) is 28.3. The van der Waals surface area contributed by atoms with E-state index in [2.05, 4.69) is 5.32 Å². The summed E-state index contributed by atoms with van der Waals surface area (Å²) in [5, 5.41) is 112. The number of nitrogens with two attached hydrogens (primary N) is 1. The highest BCUT2D eigenvalue weighted by atomic mass is 16.7. The summed E-state index contributed by atoms with van der Waals surface area (Å²) in [6.07, 6.45) is 8.87. The van der Waals surface area contributed by atoms with Gasteiger partial charge in [-0.15, -0.1) is 0 Å². The molecule has 0 aromatic heterocycles. The summed E-state index contributed by atoms with van der Waals surface area (Å²) in [6.45, 7) is 3.23. The van der Waals surface area contributed by atoms with Gasteiger partial charge < -0.3 is 81.1 Å². The van der Waals surface area contributed by atoms with Crippen LogP contribution in [-0.4, -0.2) is 167 Å². The van der Waals surface area contributed by atoms with Crippen LogP contribution in [0.1, 0.15) is 90.9 Å². The standard InChI is InChI=1S/C49H76N2O16/c1-30-16-13-11-9-7-5-3-4-6-8-10-12-14-19-36(66-48-46(61)45(50)41(59)29-64-48)26-42-44(47(62)51-32-17-15-18-32)40(58)28-49(63,67-42)27-35(54)24-39(57)37(55)21-20-33(52)23-34(53)25-43(60)65-31(2)22-38(30)56/h3-14,16,19,30-42,44-46,48,52-59,61,63H,15,17-18,20-29,50H2,1-2H3,(H,51,62)/b4-3+,7-5+,8-6+,11-9+,12-10+,16-13+,19-14+/t30-,31-,33?,34?,35?,36?,37?,38-,39?,40-,41+,42-,44+,45-,46-,48-,49?/m0/s1. The number of allylic oxidation sites excluding steroid dienone is 12. The van der Waals surface area contributed by atoms with Crippen molar-refractivity contribution in [2.45, 2.75) is 188 Å². The summed E-state index contributed by atoms with van der Waals surface area (Å²) in [7, 11) is 0. The van der Waals surface area contributed by atoms with E-state index < -0.39 is 135 Å². The molecule has 18 nitrogen and oxygen atoms in total. The number of amides is 1. The molecule has 1 amide bonds. The van der Waals surface area contributed by atoms with Crippen molar-refractivity contribution in [3.63, 3.8) is 0 Å². The van der Waals surface area contributed by atoms with Gasteiger partial charge in [0.2, 0.25) is 5.91 Å². The normalized spacial score (nSPS) is 43.5. The molecule has 2 saturated heterocycles. The van der Waals surface area contributed by atoms with Crippen molar-refractivity contribution in [1.82, 2.24) is 5.32 Å². The fraction of sp³-hybridized carbons (Fsp3) is 0.673. The number of aliphatic hydroxyl groups excluding tert-OH is 9. The van der Waals surface area contributed by atoms with E-state index in [1.54, 1.807) is 49.5 Å². The summed E-state index contributed by atoms with van der Waals surface area (Å²) in [4.78, 5) is 26.3. The van der Waals surface area contributed by atoms with Crippen molar-refractivity contribution in [1.29, 1.82) is 0 Å². The van der Waals surface area contributed by atoms with E-state index in [0.29, 0.717) is 0 Å². The van der Waals surface area contributed by atoms with Crippen LogP contribution in [0.3, 0.4) is 0 Å². The molecule has 13 N–H and O–H groups in total. The number of carbonyl (C=O) groups excluding carboxylic acids is 2. The number of carbonyl (C=O) groups is 2. The van der Waals surface area contributed by atoms with Crippen LogP contribution in [0.15, 0.2) is 85.1 Å². The first-order valence-electron chi connectivity index (χ1n) is 23.6. The number of ether oxygens (including phenoxy) is 4. The molecule has 0 aromatic carbocycles. The van der Waals surface area contributed by atoms with E-state index in [4.69, 9.17) is 24.7 Å². The van der Waals surface area contributed by atoms with Crippen LogP contribution in [0.5, 0.6) is 0 Å². The molecule has 2 bridgehead atoms. The summed E-state index contributed by atoms with van der Waals surface area (Å²) in [5.41, 5.74) is 6.01. The molecule has 17 atom stereocenters. The Bertz CT molecular complexity index is 1720. The minimum absolute atomic E-state index is 0.0815. The maximum Gasteiger partial charge on any atom is 0.308 e. The molecule has 1 aliphatic carbocycles. The fourth-order valence-electron chi connectivity index (χ4n) is 8.36. The highest BCUT2D eigenvalue weighted by Crippen LogP contribution is 2.38. The van der Waals surface area contributed by atoms with Crippen LogP contribution >= 0.6 is 0 Å². The lowest BCUT2D eigenvalue weighted by atomic mass is 9.81. The Kier molecular flexibility index (Phi) is 23.7. The summed E-state index contributed by atoms with van der Waals surface area (Å²) in [5.74, 6) is -4.92. The highest BCUT2D eigenvalue weighted by Gasteiger charge is 2.51. The number of hydrogen-bond donors (Lipinski definition) is 12. The summed E-state index contributed by atoms with van der Waals surface area (Å²) < 4.78 is 23.3.